The average molecular weight is 233 g/mol. The largest absolute Gasteiger partial charge is 0.394 e. The first-order valence-corrected chi connectivity index (χ1v) is 5.29. The van der Waals surface area contributed by atoms with Crippen LogP contribution in [0.15, 0.2) is 0 Å². The van der Waals surface area contributed by atoms with E-state index in [9.17, 15) is 4.79 Å². The van der Waals surface area contributed by atoms with Crippen LogP contribution in [0, 0.1) is 0 Å². The third-order valence-corrected chi connectivity index (χ3v) is 2.41. The normalized spacial score (nSPS) is 26.7. The number of aliphatic hydroxyl groups is 1. The number of nitrogens with two attached hydrogens (primary N) is 1. The van der Waals surface area contributed by atoms with Crippen LogP contribution in [0.2, 0.25) is 0 Å². The fraction of sp³-hybridized carbons (Fsp3) is 0.889. The summed E-state index contributed by atoms with van der Waals surface area (Å²) in [4.78, 5) is 17.5. The molecule has 0 saturated carbocycles. The standard InChI is InChI=1S/C9H19N3O4/c1-7-4-12(5-8(6-13)15-7)3-2-9(14)16-11-10/h7-8,11,13H,2-6,10H2,1H3. The van der Waals surface area contributed by atoms with Crippen molar-refractivity contribution < 1.29 is 19.5 Å². The summed E-state index contributed by atoms with van der Waals surface area (Å²) in [7, 11) is 0. The lowest BCUT2D eigenvalue weighted by molar-refractivity contribution is -0.152. The van der Waals surface area contributed by atoms with Crippen molar-refractivity contribution in [3.63, 3.8) is 0 Å². The summed E-state index contributed by atoms with van der Waals surface area (Å²) in [5.41, 5.74) is 1.85. The molecule has 7 heteroatoms. The number of aliphatic hydroxyl groups excluding tert-OH is 1. The zero-order valence-corrected chi connectivity index (χ0v) is 9.39. The highest BCUT2D eigenvalue weighted by Crippen LogP contribution is 2.10. The van der Waals surface area contributed by atoms with E-state index in [1.807, 2.05) is 12.5 Å². The number of morpholine rings is 1. The zero-order valence-electron chi connectivity index (χ0n) is 9.39. The van der Waals surface area contributed by atoms with Gasteiger partial charge in [-0.25, -0.2) is 5.84 Å². The lowest BCUT2D eigenvalue weighted by Crippen LogP contribution is -2.48. The van der Waals surface area contributed by atoms with Crippen molar-refractivity contribution in [3.05, 3.63) is 0 Å². The average Bonchev–Trinajstić information content (AvgIpc) is 2.26. The Morgan fingerprint density at radius 2 is 2.44 bits per heavy atom. The number of nitrogens with zero attached hydrogens (tertiary/aromatic N) is 1. The van der Waals surface area contributed by atoms with E-state index in [-0.39, 0.29) is 25.2 Å². The Morgan fingerprint density at radius 1 is 1.69 bits per heavy atom. The van der Waals surface area contributed by atoms with E-state index in [1.165, 1.54) is 0 Å². The molecule has 0 aliphatic carbocycles. The predicted octanol–water partition coefficient (Wildman–Crippen LogP) is -1.62. The van der Waals surface area contributed by atoms with Crippen LogP contribution in [0.25, 0.3) is 0 Å². The van der Waals surface area contributed by atoms with Crippen molar-refractivity contribution in [3.8, 4) is 0 Å². The molecule has 7 nitrogen and oxygen atoms in total. The van der Waals surface area contributed by atoms with Gasteiger partial charge in [-0.1, -0.05) is 5.59 Å². The molecule has 1 fully saturated rings. The van der Waals surface area contributed by atoms with E-state index in [0.717, 1.165) is 6.54 Å². The Bertz CT molecular complexity index is 227. The topological polar surface area (TPSA) is 97.1 Å². The van der Waals surface area contributed by atoms with Gasteiger partial charge in [0.15, 0.2) is 0 Å². The van der Waals surface area contributed by atoms with Gasteiger partial charge in [-0.2, -0.15) is 0 Å². The highest BCUT2D eigenvalue weighted by Gasteiger charge is 2.24. The van der Waals surface area contributed by atoms with Crippen molar-refractivity contribution in [2.45, 2.75) is 25.6 Å². The summed E-state index contributed by atoms with van der Waals surface area (Å²) in [6.45, 7) is 3.89. The molecule has 1 aliphatic heterocycles. The summed E-state index contributed by atoms with van der Waals surface area (Å²) in [6, 6.07) is 0. The first kappa shape index (κ1) is 13.3. The van der Waals surface area contributed by atoms with Crippen LogP contribution in [0.3, 0.4) is 0 Å². The minimum atomic E-state index is -0.401. The minimum absolute atomic E-state index is 0.00432. The third kappa shape index (κ3) is 4.42. The van der Waals surface area contributed by atoms with E-state index < -0.39 is 5.97 Å². The molecule has 1 saturated heterocycles. The Labute approximate surface area is 94.4 Å². The van der Waals surface area contributed by atoms with Crippen molar-refractivity contribution in [2.75, 3.05) is 26.2 Å². The summed E-state index contributed by atoms with van der Waals surface area (Å²) in [5.74, 6) is 4.44. The minimum Gasteiger partial charge on any atom is -0.394 e. The maximum Gasteiger partial charge on any atom is 0.327 e. The van der Waals surface area contributed by atoms with Gasteiger partial charge in [-0.3, -0.25) is 9.69 Å². The molecule has 1 rings (SSSR count). The maximum atomic E-state index is 11.0. The quantitative estimate of drug-likeness (QED) is 0.388. The number of ether oxygens (including phenoxy) is 1. The first-order chi connectivity index (χ1) is 7.65. The van der Waals surface area contributed by atoms with Gasteiger partial charge in [-0.05, 0) is 6.92 Å². The van der Waals surface area contributed by atoms with Gasteiger partial charge in [0, 0.05) is 19.6 Å². The van der Waals surface area contributed by atoms with Gasteiger partial charge in [-0.15, -0.1) is 0 Å². The first-order valence-electron chi connectivity index (χ1n) is 5.29. The molecule has 4 N–H and O–H groups in total. The number of rotatable bonds is 5. The van der Waals surface area contributed by atoms with Crippen LogP contribution in [-0.4, -0.2) is 54.4 Å². The molecular weight excluding hydrogens is 214 g/mol. The number of hydrazine groups is 1. The molecule has 94 valence electrons. The second-order valence-corrected chi connectivity index (χ2v) is 3.85. The summed E-state index contributed by atoms with van der Waals surface area (Å²) in [5, 5.41) is 9.02. The highest BCUT2D eigenvalue weighted by atomic mass is 16.7. The number of nitrogens with one attached hydrogen (secondary N) is 1. The predicted molar refractivity (Wildman–Crippen MR) is 55.9 cm³/mol. The molecule has 0 bridgehead atoms. The van der Waals surface area contributed by atoms with Crippen molar-refractivity contribution >= 4 is 5.97 Å². The second kappa shape index (κ2) is 6.77. The molecule has 0 aromatic carbocycles. The number of hydrogen-bond acceptors (Lipinski definition) is 7. The fourth-order valence-corrected chi connectivity index (χ4v) is 1.79. The Balaban J connectivity index is 2.27. The third-order valence-electron chi connectivity index (χ3n) is 2.41. The molecule has 0 spiro atoms. The molecular formula is C9H19N3O4. The van der Waals surface area contributed by atoms with Gasteiger partial charge in [0.25, 0.3) is 0 Å². The highest BCUT2D eigenvalue weighted by molar-refractivity contribution is 5.69. The van der Waals surface area contributed by atoms with Gasteiger partial charge < -0.3 is 14.7 Å². The molecule has 0 radical (unpaired) electrons. The van der Waals surface area contributed by atoms with Crippen LogP contribution in [-0.2, 0) is 14.4 Å². The Hall–Kier alpha value is -0.730. The summed E-state index contributed by atoms with van der Waals surface area (Å²) < 4.78 is 5.48. The SMILES string of the molecule is CC1CN(CCC(=O)ONN)CC(CO)O1. The molecule has 2 unspecified atom stereocenters. The van der Waals surface area contributed by atoms with Gasteiger partial charge >= 0.3 is 5.97 Å². The van der Waals surface area contributed by atoms with Crippen molar-refractivity contribution in [1.82, 2.24) is 10.5 Å². The van der Waals surface area contributed by atoms with Gasteiger partial charge in [0.05, 0.1) is 25.2 Å². The smallest absolute Gasteiger partial charge is 0.327 e. The van der Waals surface area contributed by atoms with Crippen molar-refractivity contribution in [2.24, 2.45) is 5.84 Å². The van der Waals surface area contributed by atoms with E-state index in [1.54, 1.807) is 0 Å². The molecule has 0 aromatic rings. The van der Waals surface area contributed by atoms with Crippen LogP contribution in [0.1, 0.15) is 13.3 Å². The van der Waals surface area contributed by atoms with E-state index in [0.29, 0.717) is 13.1 Å². The van der Waals surface area contributed by atoms with E-state index in [4.69, 9.17) is 15.7 Å². The van der Waals surface area contributed by atoms with E-state index in [2.05, 4.69) is 9.74 Å². The molecule has 1 heterocycles. The van der Waals surface area contributed by atoms with Crippen LogP contribution < -0.4 is 11.4 Å². The second-order valence-electron chi connectivity index (χ2n) is 3.85. The van der Waals surface area contributed by atoms with Gasteiger partial charge in [0.1, 0.15) is 0 Å². The Kier molecular flexibility index (Phi) is 5.64. The van der Waals surface area contributed by atoms with Crippen LogP contribution in [0.4, 0.5) is 0 Å². The number of carbonyl (C=O) groups is 1. The van der Waals surface area contributed by atoms with E-state index >= 15 is 0 Å². The molecule has 16 heavy (non-hydrogen) atoms. The zero-order chi connectivity index (χ0) is 12.0. The number of hydrogen-bond donors (Lipinski definition) is 3. The summed E-state index contributed by atoms with van der Waals surface area (Å²) >= 11 is 0. The molecule has 0 aromatic heterocycles. The summed E-state index contributed by atoms with van der Waals surface area (Å²) in [6.07, 6.45) is 0.150. The fourth-order valence-electron chi connectivity index (χ4n) is 1.79. The van der Waals surface area contributed by atoms with Gasteiger partial charge in [0.2, 0.25) is 0 Å². The monoisotopic (exact) mass is 233 g/mol. The molecule has 2 atom stereocenters. The maximum absolute atomic E-state index is 11.0. The molecule has 1 aliphatic rings. The lowest BCUT2D eigenvalue weighted by Gasteiger charge is -2.35. The van der Waals surface area contributed by atoms with Crippen LogP contribution in [0.5, 0.6) is 0 Å². The lowest BCUT2D eigenvalue weighted by atomic mass is 10.2. The van der Waals surface area contributed by atoms with Crippen molar-refractivity contribution in [1.29, 1.82) is 0 Å². The van der Waals surface area contributed by atoms with Crippen LogP contribution >= 0.6 is 0 Å². The number of carbonyl (C=O) groups excluding carboxylic acids is 1. The molecule has 0 amide bonds. The Morgan fingerprint density at radius 3 is 3.06 bits per heavy atom.